The third kappa shape index (κ3) is 24.6. The smallest absolute Gasteiger partial charge is 0.269 e. The number of rotatable bonds is 26. The van der Waals surface area contributed by atoms with Crippen LogP contribution in [0, 0.1) is 27.7 Å². The van der Waals surface area contributed by atoms with Gasteiger partial charge in [-0.2, -0.15) is 0 Å². The van der Waals surface area contributed by atoms with Crippen LogP contribution >= 0.6 is 91.8 Å². The Morgan fingerprint density at radius 1 is 0.386 bits per heavy atom. The summed E-state index contributed by atoms with van der Waals surface area (Å²) in [7, 11) is 0. The van der Waals surface area contributed by atoms with Crippen molar-refractivity contribution in [1.82, 2.24) is 61.1 Å². The number of hydrogen-bond acceptors (Lipinski definition) is 20. The molecule has 0 saturated heterocycles. The maximum Gasteiger partial charge on any atom is 0.269 e. The van der Waals surface area contributed by atoms with Crippen LogP contribution in [0.25, 0.3) is 44.8 Å². The Balaban J connectivity index is 0.000000174. The monoisotopic (exact) mass is 1700 g/mol. The number of carbonyl (C=O) groups excluding carboxylic acids is 4. The van der Waals surface area contributed by atoms with Gasteiger partial charge in [-0.25, -0.2) is 29.9 Å². The van der Waals surface area contributed by atoms with Gasteiger partial charge in [0.15, 0.2) is 12.3 Å². The summed E-state index contributed by atoms with van der Waals surface area (Å²) in [5.41, 5.74) is 34.4. The van der Waals surface area contributed by atoms with Crippen LogP contribution in [0.4, 0.5) is 0 Å². The number of amides is 4. The van der Waals surface area contributed by atoms with Gasteiger partial charge < -0.3 is 84.6 Å². The molecular formula is C78H84Cl4N20O8S4. The molecule has 0 saturated carbocycles. The molecule has 12 rings (SSSR count). The topological polar surface area (TPSA) is 466 Å². The van der Waals surface area contributed by atoms with Gasteiger partial charge in [-0.1, -0.05) is 94.9 Å². The van der Waals surface area contributed by atoms with E-state index in [1.54, 1.807) is 127 Å². The third-order valence-electron chi connectivity index (χ3n) is 16.5. The molecule has 36 heteroatoms. The Bertz CT molecular complexity index is 5050. The largest absolute Gasteiger partial charge is 0.391 e. The molecule has 4 atom stereocenters. The summed E-state index contributed by atoms with van der Waals surface area (Å²) < 4.78 is 0. The van der Waals surface area contributed by atoms with Gasteiger partial charge in [-0.15, -0.1) is 45.3 Å². The highest BCUT2D eigenvalue weighted by Crippen LogP contribution is 2.32. The van der Waals surface area contributed by atoms with Crippen molar-refractivity contribution in [3.8, 4) is 44.8 Å². The van der Waals surface area contributed by atoms with Crippen LogP contribution < -0.4 is 44.2 Å². The summed E-state index contributed by atoms with van der Waals surface area (Å²) in [6.45, 7) is 14.0. The minimum atomic E-state index is -0.733. The number of H-pyrrole nitrogens is 4. The number of thiazole rings is 4. The molecule has 596 valence electrons. The Hall–Kier alpha value is -10.7. The van der Waals surface area contributed by atoms with Crippen LogP contribution in [0.2, 0.25) is 20.1 Å². The van der Waals surface area contributed by atoms with Gasteiger partial charge in [0.1, 0.15) is 54.9 Å². The number of nitrogens with zero attached hydrogens (tertiary/aromatic N) is 8. The van der Waals surface area contributed by atoms with Crippen LogP contribution in [0.15, 0.2) is 166 Å². The normalized spacial score (nSPS) is 12.8. The van der Waals surface area contributed by atoms with Crippen LogP contribution in [0.3, 0.4) is 0 Å². The van der Waals surface area contributed by atoms with Gasteiger partial charge in [0.2, 0.25) is 0 Å². The second-order valence-electron chi connectivity index (χ2n) is 25.4. The number of hydrogen-bond donors (Lipinski definition) is 16. The fraction of sp³-hybridized carbons (Fsp3) is 0.231. The van der Waals surface area contributed by atoms with Gasteiger partial charge in [0.05, 0.1) is 105 Å². The molecule has 8 heterocycles. The summed E-state index contributed by atoms with van der Waals surface area (Å²) in [6, 6.07) is 39.1. The molecule has 0 aliphatic heterocycles. The second-order valence-corrected chi connectivity index (χ2v) is 31.6. The zero-order valence-electron chi connectivity index (χ0n) is 62.9. The quantitative estimate of drug-likeness (QED) is 0.0177. The van der Waals surface area contributed by atoms with E-state index in [0.29, 0.717) is 97.6 Å². The number of halogens is 4. The summed E-state index contributed by atoms with van der Waals surface area (Å²) in [5, 5.41) is 54.3. The highest BCUT2D eigenvalue weighted by Gasteiger charge is 2.27. The van der Waals surface area contributed by atoms with Crippen molar-refractivity contribution in [2.45, 2.75) is 106 Å². The molecule has 4 unspecified atom stereocenters. The van der Waals surface area contributed by atoms with E-state index < -0.39 is 24.4 Å². The molecule has 0 aliphatic carbocycles. The first-order valence-electron chi connectivity index (χ1n) is 34.9. The number of amidine groups is 4. The first-order valence-corrected chi connectivity index (χ1v) is 39.7. The van der Waals surface area contributed by atoms with E-state index in [2.05, 4.69) is 81.1 Å². The Morgan fingerprint density at radius 2 is 0.667 bits per heavy atom. The molecule has 0 aliphatic rings. The Labute approximate surface area is 692 Å². The number of aromatic nitrogens is 8. The lowest BCUT2D eigenvalue weighted by molar-refractivity contribution is 0.0925. The lowest BCUT2D eigenvalue weighted by Gasteiger charge is -2.14. The van der Waals surface area contributed by atoms with Gasteiger partial charge in [0, 0.05) is 43.9 Å². The molecule has 0 spiro atoms. The number of nitrogens with one attached hydrogen (secondary N) is 8. The minimum Gasteiger partial charge on any atom is -0.391 e. The molecule has 0 radical (unpaired) electrons. The summed E-state index contributed by atoms with van der Waals surface area (Å²) in [6.07, 6.45) is 2.06. The average Bonchev–Trinajstić information content (AvgIpc) is 1.69. The lowest BCUT2D eigenvalue weighted by atomic mass is 10.1. The fourth-order valence-corrected chi connectivity index (χ4v) is 14.9. The average molecular weight is 1700 g/mol. The Kier molecular flexibility index (Phi) is 31.7. The zero-order chi connectivity index (χ0) is 82.4. The SMILES string of the molecule is CC(N)=NC(NC(=O)c1cc(-c2ccc(Cl)cc2)c[nH]1)c1nc(C)c(CO)s1.CC(N)=NC(NC(=O)c1ccc(-c2ccc(Cl)cc2)[nH]1)c1nc(C)c(CO)s1.CC(N)=NCC(NC(=O)c1cc(-c2ccc(Cl)cc2)c[nH]1)c1nc(C)c(CO)s1.CC(N)=NCC(NC(=O)c1ccc(-c2ccc(Cl)cc2)[nH]1)c1nc(C)c(CO)s1. The first kappa shape index (κ1) is 87.2. The van der Waals surface area contributed by atoms with Crippen molar-refractivity contribution in [2.24, 2.45) is 42.9 Å². The van der Waals surface area contributed by atoms with E-state index in [4.69, 9.17) is 69.3 Å². The van der Waals surface area contributed by atoms with Gasteiger partial charge in [-0.3, -0.25) is 29.2 Å². The number of aryl methyl sites for hydroxylation is 4. The molecule has 12 aromatic rings. The van der Waals surface area contributed by atoms with E-state index in [1.165, 1.54) is 45.3 Å². The fourth-order valence-electron chi connectivity index (χ4n) is 10.7. The molecule has 0 bridgehead atoms. The minimum absolute atomic E-state index is 0.0928. The molecular weight excluding hydrogens is 1620 g/mol. The number of carbonyl (C=O) groups is 4. The van der Waals surface area contributed by atoms with E-state index >= 15 is 0 Å². The predicted octanol–water partition coefficient (Wildman–Crippen LogP) is 13.7. The van der Waals surface area contributed by atoms with Gasteiger partial charge in [-0.05, 0) is 174 Å². The molecule has 28 nitrogen and oxygen atoms in total. The zero-order valence-corrected chi connectivity index (χ0v) is 69.2. The number of aliphatic hydroxyl groups is 4. The maximum atomic E-state index is 12.8. The van der Waals surface area contributed by atoms with Crippen LogP contribution in [-0.2, 0) is 26.4 Å². The maximum absolute atomic E-state index is 12.8. The number of aliphatic hydroxyl groups excluding tert-OH is 4. The number of benzene rings is 4. The highest BCUT2D eigenvalue weighted by molar-refractivity contribution is 7.12. The predicted molar refractivity (Wildman–Crippen MR) is 456 cm³/mol. The van der Waals surface area contributed by atoms with Crippen LogP contribution in [-0.4, -0.2) is 120 Å². The molecule has 20 N–H and O–H groups in total. The van der Waals surface area contributed by atoms with E-state index in [1.807, 2.05) is 74.5 Å². The summed E-state index contributed by atoms with van der Waals surface area (Å²) in [5.74, 6) is 0.239. The van der Waals surface area contributed by atoms with Crippen molar-refractivity contribution in [2.75, 3.05) is 13.1 Å². The standard InChI is InChI=1S/2C20H22ClN5O2S.2C19H20ClN5O2S/c1-11-18(10-27)29-20(25-11)17(9-23-12(2)22)26-19(28)16-7-14(8-24-16)13-3-5-15(21)6-4-13;1-11-18(10-27)29-20(24-11)17(9-23-12(2)22)26-19(28)16-8-7-15(25-16)13-3-5-14(21)6-4-13;1-10-16(9-26)28-19(23-10)17(24-11(2)21)25-18(27)15-7-13(8-22-15)12-3-5-14(20)6-4-12;1-10-16(9-26)28-19(22-10)17(23-11(2)21)25-18(27)15-8-7-14(24-15)12-3-5-13(20)6-4-12/h3-8,17,24,27H,9-10H2,1-2H3,(H2,22,23)(H,26,28);3-8,17,25,27H,9-10H2,1-2H3,(H2,22,23)(H,26,28);3-8,17,22,26H,9H2,1-2H3,(H2,21,24)(H,25,27);3-8,17,24,26H,9H2,1-2H3,(H2,21,23)(H,25,27). The Morgan fingerprint density at radius 3 is 0.965 bits per heavy atom. The first-order chi connectivity index (χ1) is 54.5. The summed E-state index contributed by atoms with van der Waals surface area (Å²) >= 11 is 29.0. The molecule has 8 aromatic heterocycles. The molecule has 4 aromatic carbocycles. The van der Waals surface area contributed by atoms with Crippen molar-refractivity contribution in [3.63, 3.8) is 0 Å². The van der Waals surface area contributed by atoms with Gasteiger partial charge in [0.25, 0.3) is 23.6 Å². The van der Waals surface area contributed by atoms with Crippen LogP contribution in [0.5, 0.6) is 0 Å². The van der Waals surface area contributed by atoms with Crippen molar-refractivity contribution in [3.05, 3.63) is 251 Å². The second kappa shape index (κ2) is 41.4. The number of nitrogens with two attached hydrogens (primary N) is 4. The lowest BCUT2D eigenvalue weighted by Crippen LogP contribution is -2.31. The van der Waals surface area contributed by atoms with E-state index in [-0.39, 0.29) is 63.1 Å². The number of aliphatic imine (C=N–C) groups is 4. The third-order valence-corrected chi connectivity index (χ3v) is 22.4. The molecule has 4 amide bonds. The number of aromatic amines is 4. The van der Waals surface area contributed by atoms with Crippen LogP contribution in [0.1, 0.15) is 156 Å². The van der Waals surface area contributed by atoms with Crippen molar-refractivity contribution < 1.29 is 39.6 Å². The van der Waals surface area contributed by atoms with E-state index in [9.17, 15) is 39.6 Å². The molecule has 114 heavy (non-hydrogen) atoms. The summed E-state index contributed by atoms with van der Waals surface area (Å²) in [4.78, 5) is 101. The molecule has 0 fully saturated rings. The van der Waals surface area contributed by atoms with Crippen molar-refractivity contribution in [1.29, 1.82) is 0 Å². The highest BCUT2D eigenvalue weighted by atomic mass is 35.5. The van der Waals surface area contributed by atoms with Gasteiger partial charge >= 0.3 is 0 Å². The van der Waals surface area contributed by atoms with Crippen molar-refractivity contribution >= 4 is 139 Å². The van der Waals surface area contributed by atoms with E-state index in [0.717, 1.165) is 75.7 Å².